The van der Waals surface area contributed by atoms with E-state index < -0.39 is 0 Å². The van der Waals surface area contributed by atoms with Crippen LogP contribution in [0.1, 0.15) is 11.1 Å². The summed E-state index contributed by atoms with van der Waals surface area (Å²) in [7, 11) is 1.56. The van der Waals surface area contributed by atoms with Crippen LogP contribution in [0.25, 0.3) is 0 Å². The van der Waals surface area contributed by atoms with Crippen LogP contribution in [-0.2, 0) is 13.2 Å². The number of benzene rings is 2. The highest BCUT2D eigenvalue weighted by Crippen LogP contribution is 2.29. The van der Waals surface area contributed by atoms with E-state index in [1.807, 2.05) is 6.07 Å². The zero-order chi connectivity index (χ0) is 14.5. The third kappa shape index (κ3) is 3.57. The van der Waals surface area contributed by atoms with Gasteiger partial charge in [0.1, 0.15) is 6.61 Å². The highest BCUT2D eigenvalue weighted by atomic mass is 35.5. The molecule has 0 heterocycles. The molecule has 20 heavy (non-hydrogen) atoms. The van der Waals surface area contributed by atoms with Gasteiger partial charge in [-0.15, -0.1) is 0 Å². The van der Waals surface area contributed by atoms with Gasteiger partial charge < -0.3 is 14.6 Å². The smallest absolute Gasteiger partial charge is 0.161 e. The van der Waals surface area contributed by atoms with Gasteiger partial charge in [-0.25, -0.2) is 0 Å². The summed E-state index contributed by atoms with van der Waals surface area (Å²) in [5, 5.41) is 10.1. The van der Waals surface area contributed by atoms with Crippen LogP contribution < -0.4 is 9.47 Å². The zero-order valence-electron chi connectivity index (χ0n) is 10.9. The molecule has 3 nitrogen and oxygen atoms in total. The molecule has 5 heteroatoms. The Labute approximate surface area is 127 Å². The fourth-order valence-corrected chi connectivity index (χ4v) is 2.04. The Morgan fingerprint density at radius 3 is 2.35 bits per heavy atom. The van der Waals surface area contributed by atoms with Crippen molar-refractivity contribution in [1.82, 2.24) is 0 Å². The lowest BCUT2D eigenvalue weighted by molar-refractivity contribution is 0.274. The molecule has 0 saturated carbocycles. The maximum absolute atomic E-state index is 9.09. The Bertz CT molecular complexity index is 600. The van der Waals surface area contributed by atoms with E-state index in [9.17, 15) is 0 Å². The monoisotopic (exact) mass is 312 g/mol. The van der Waals surface area contributed by atoms with Gasteiger partial charge in [-0.3, -0.25) is 0 Å². The molecular weight excluding hydrogens is 299 g/mol. The maximum atomic E-state index is 9.09. The standard InChI is InChI=1S/C15H14Cl2O3/c1-19-15-7-10(8-18)3-5-14(15)20-9-11-2-4-12(16)13(17)6-11/h2-7,18H,8-9H2,1H3. The predicted octanol–water partition coefficient (Wildman–Crippen LogP) is 4.07. The van der Waals surface area contributed by atoms with Crippen LogP contribution >= 0.6 is 23.2 Å². The van der Waals surface area contributed by atoms with Crippen LogP contribution in [0.3, 0.4) is 0 Å². The molecule has 0 unspecified atom stereocenters. The van der Waals surface area contributed by atoms with Gasteiger partial charge in [-0.1, -0.05) is 35.3 Å². The van der Waals surface area contributed by atoms with Crippen molar-refractivity contribution in [2.75, 3.05) is 7.11 Å². The van der Waals surface area contributed by atoms with Crippen molar-refractivity contribution >= 4 is 23.2 Å². The number of aliphatic hydroxyl groups is 1. The van der Waals surface area contributed by atoms with E-state index in [1.165, 1.54) is 0 Å². The van der Waals surface area contributed by atoms with Gasteiger partial charge in [0, 0.05) is 0 Å². The van der Waals surface area contributed by atoms with Gasteiger partial charge in [0.15, 0.2) is 11.5 Å². The number of methoxy groups -OCH3 is 1. The van der Waals surface area contributed by atoms with Gasteiger partial charge >= 0.3 is 0 Å². The number of hydrogen-bond donors (Lipinski definition) is 1. The molecule has 0 amide bonds. The molecule has 0 aliphatic heterocycles. The van der Waals surface area contributed by atoms with E-state index in [1.54, 1.807) is 37.4 Å². The van der Waals surface area contributed by atoms with Crippen LogP contribution in [0.2, 0.25) is 10.0 Å². The molecule has 0 aromatic heterocycles. The molecule has 0 atom stereocenters. The van der Waals surface area contributed by atoms with Crippen molar-refractivity contribution in [3.05, 3.63) is 57.6 Å². The summed E-state index contributed by atoms with van der Waals surface area (Å²) in [6.45, 7) is 0.315. The Hall–Kier alpha value is -1.42. The Balaban J connectivity index is 2.12. The first-order chi connectivity index (χ1) is 9.63. The van der Waals surface area contributed by atoms with Crippen molar-refractivity contribution in [3.63, 3.8) is 0 Å². The molecule has 0 bridgehead atoms. The van der Waals surface area contributed by atoms with Crippen molar-refractivity contribution in [2.24, 2.45) is 0 Å². The number of aliphatic hydroxyl groups excluding tert-OH is 1. The first kappa shape index (κ1) is 15.0. The minimum Gasteiger partial charge on any atom is -0.493 e. The van der Waals surface area contributed by atoms with E-state index in [0.717, 1.165) is 11.1 Å². The largest absolute Gasteiger partial charge is 0.493 e. The number of halogens is 2. The van der Waals surface area contributed by atoms with Gasteiger partial charge in [-0.05, 0) is 35.4 Å². The normalized spacial score (nSPS) is 10.4. The quantitative estimate of drug-likeness (QED) is 0.904. The molecule has 2 rings (SSSR count). The summed E-state index contributed by atoms with van der Waals surface area (Å²) in [5.74, 6) is 1.19. The van der Waals surface area contributed by atoms with Gasteiger partial charge in [0.2, 0.25) is 0 Å². The molecule has 0 spiro atoms. The van der Waals surface area contributed by atoms with Crippen molar-refractivity contribution in [3.8, 4) is 11.5 Å². The number of hydrogen-bond acceptors (Lipinski definition) is 3. The lowest BCUT2D eigenvalue weighted by Crippen LogP contribution is -1.98. The van der Waals surface area contributed by atoms with Crippen molar-refractivity contribution in [2.45, 2.75) is 13.2 Å². The second-order valence-corrected chi connectivity index (χ2v) is 4.99. The SMILES string of the molecule is COc1cc(CO)ccc1OCc1ccc(Cl)c(Cl)c1. The average Bonchev–Trinajstić information content (AvgIpc) is 2.48. The van der Waals surface area contributed by atoms with Gasteiger partial charge in [0.05, 0.1) is 23.8 Å². The van der Waals surface area contributed by atoms with Crippen molar-refractivity contribution < 1.29 is 14.6 Å². The molecule has 106 valence electrons. The third-order valence-corrected chi connectivity index (χ3v) is 3.53. The van der Waals surface area contributed by atoms with Crippen molar-refractivity contribution in [1.29, 1.82) is 0 Å². The highest BCUT2D eigenvalue weighted by molar-refractivity contribution is 6.42. The van der Waals surface area contributed by atoms with Gasteiger partial charge in [-0.2, -0.15) is 0 Å². The predicted molar refractivity (Wildman–Crippen MR) is 79.7 cm³/mol. The molecule has 1 N–H and O–H groups in total. The summed E-state index contributed by atoms with van der Waals surface area (Å²) in [4.78, 5) is 0. The van der Waals surface area contributed by atoms with Crippen LogP contribution in [0.15, 0.2) is 36.4 Å². The first-order valence-electron chi connectivity index (χ1n) is 5.98. The molecule has 0 radical (unpaired) electrons. The van der Waals surface area contributed by atoms with Gasteiger partial charge in [0.25, 0.3) is 0 Å². The van der Waals surface area contributed by atoms with E-state index in [2.05, 4.69) is 0 Å². The van der Waals surface area contributed by atoms with E-state index >= 15 is 0 Å². The number of ether oxygens (including phenoxy) is 2. The maximum Gasteiger partial charge on any atom is 0.161 e. The Morgan fingerprint density at radius 2 is 1.70 bits per heavy atom. The molecule has 0 fully saturated rings. The topological polar surface area (TPSA) is 38.7 Å². The summed E-state index contributed by atoms with van der Waals surface area (Å²) >= 11 is 11.8. The van der Waals surface area contributed by atoms with E-state index in [-0.39, 0.29) is 6.61 Å². The zero-order valence-corrected chi connectivity index (χ0v) is 12.4. The Kier molecular flexibility index (Phi) is 5.12. The summed E-state index contributed by atoms with van der Waals surface area (Å²) < 4.78 is 10.9. The highest BCUT2D eigenvalue weighted by Gasteiger charge is 2.07. The molecule has 0 aliphatic carbocycles. The minimum absolute atomic E-state index is 0.0383. The average molecular weight is 313 g/mol. The van der Waals surface area contributed by atoms with E-state index in [4.69, 9.17) is 37.8 Å². The van der Waals surface area contributed by atoms with Crippen LogP contribution in [-0.4, -0.2) is 12.2 Å². The second kappa shape index (κ2) is 6.84. The summed E-state index contributed by atoms with van der Waals surface area (Å²) in [6, 6.07) is 10.6. The fraction of sp³-hybridized carbons (Fsp3) is 0.200. The molecule has 0 saturated heterocycles. The molecule has 0 aliphatic rings. The lowest BCUT2D eigenvalue weighted by Gasteiger charge is -2.12. The first-order valence-corrected chi connectivity index (χ1v) is 6.74. The summed E-state index contributed by atoms with van der Waals surface area (Å²) in [5.41, 5.74) is 1.68. The van der Waals surface area contributed by atoms with E-state index in [0.29, 0.717) is 28.2 Å². The number of rotatable bonds is 5. The van der Waals surface area contributed by atoms with Crippen LogP contribution in [0, 0.1) is 0 Å². The summed E-state index contributed by atoms with van der Waals surface area (Å²) in [6.07, 6.45) is 0. The molecule has 2 aromatic rings. The second-order valence-electron chi connectivity index (χ2n) is 4.18. The third-order valence-electron chi connectivity index (χ3n) is 2.79. The molecule has 2 aromatic carbocycles. The van der Waals surface area contributed by atoms with Crippen LogP contribution in [0.4, 0.5) is 0 Å². The van der Waals surface area contributed by atoms with Crippen LogP contribution in [0.5, 0.6) is 11.5 Å². The fourth-order valence-electron chi connectivity index (χ4n) is 1.72. The molecular formula is C15H14Cl2O3. The lowest BCUT2D eigenvalue weighted by atomic mass is 10.2. The minimum atomic E-state index is -0.0383. The Morgan fingerprint density at radius 1 is 0.950 bits per heavy atom.